The normalized spacial score (nSPS) is 11.8. The summed E-state index contributed by atoms with van der Waals surface area (Å²) in [4.78, 5) is 12.1. The lowest BCUT2D eigenvalue weighted by atomic mass is 10.1. The molecule has 0 aliphatic rings. The van der Waals surface area contributed by atoms with Gasteiger partial charge in [0.1, 0.15) is 11.5 Å². The number of alkyl halides is 3. The van der Waals surface area contributed by atoms with Crippen molar-refractivity contribution in [1.82, 2.24) is 0 Å². The summed E-state index contributed by atoms with van der Waals surface area (Å²) in [6.45, 7) is 0. The molecule has 174 valence electrons. The number of nitrogens with two attached hydrogens (primary N) is 1. The fourth-order valence-corrected chi connectivity index (χ4v) is 3.78. The van der Waals surface area contributed by atoms with E-state index in [9.17, 15) is 26.4 Å². The van der Waals surface area contributed by atoms with Gasteiger partial charge in [0, 0.05) is 27.9 Å². The lowest BCUT2D eigenvalue weighted by Gasteiger charge is -2.13. The second kappa shape index (κ2) is 9.60. The van der Waals surface area contributed by atoms with Crippen LogP contribution in [0.15, 0.2) is 65.6 Å². The van der Waals surface area contributed by atoms with Crippen molar-refractivity contribution in [3.05, 3.63) is 81.8 Å². The molecule has 0 unspecified atom stereocenters. The minimum Gasteiger partial charge on any atom is -0.457 e. The zero-order chi connectivity index (χ0) is 24.4. The smallest absolute Gasteiger partial charge is 0.416 e. The summed E-state index contributed by atoms with van der Waals surface area (Å²) in [5.41, 5.74) is -0.757. The molecule has 0 aliphatic heterocycles. The third-order valence-electron chi connectivity index (χ3n) is 4.26. The van der Waals surface area contributed by atoms with E-state index in [1.54, 1.807) is 18.2 Å². The van der Waals surface area contributed by atoms with Gasteiger partial charge < -0.3 is 10.1 Å². The number of sulfonamides is 1. The van der Waals surface area contributed by atoms with Gasteiger partial charge in [-0.3, -0.25) is 4.79 Å². The maximum atomic E-state index is 12.8. The Morgan fingerprint density at radius 3 is 2.33 bits per heavy atom. The molecule has 0 atom stereocenters. The Kier molecular flexibility index (Phi) is 7.23. The molecule has 0 saturated carbocycles. The van der Waals surface area contributed by atoms with Crippen LogP contribution >= 0.6 is 23.2 Å². The summed E-state index contributed by atoms with van der Waals surface area (Å²) in [6, 6.07) is 12.6. The summed E-state index contributed by atoms with van der Waals surface area (Å²) in [5.74, 6) is -0.300. The standard InChI is InChI=1S/C21H15Cl2F3N2O4S/c22-14-2-1-3-16(8-14)32-17-9-15(10-18(11-17)33(27,30)31)28-20(29)6-12-4-5-13(7-19(12)23)21(24,25)26/h1-5,7-11H,6H2,(H,28,29)(H2,27,30,31). The molecule has 1 amide bonds. The second-order valence-corrected chi connectivity index (χ2v) is 9.23. The van der Waals surface area contributed by atoms with Crippen LogP contribution < -0.4 is 15.2 Å². The molecule has 0 bridgehead atoms. The molecule has 0 heterocycles. The van der Waals surface area contributed by atoms with Crippen molar-refractivity contribution in [1.29, 1.82) is 0 Å². The predicted octanol–water partition coefficient (Wildman–Crippen LogP) is 5.63. The summed E-state index contributed by atoms with van der Waals surface area (Å²) in [5, 5.41) is 7.83. The highest BCUT2D eigenvalue weighted by atomic mass is 35.5. The maximum absolute atomic E-state index is 12.8. The number of halogens is 5. The van der Waals surface area contributed by atoms with Gasteiger partial charge in [-0.15, -0.1) is 0 Å². The van der Waals surface area contributed by atoms with E-state index in [0.29, 0.717) is 10.8 Å². The van der Waals surface area contributed by atoms with Crippen molar-refractivity contribution in [3.8, 4) is 11.5 Å². The van der Waals surface area contributed by atoms with Gasteiger partial charge in [-0.25, -0.2) is 13.6 Å². The number of benzene rings is 3. The van der Waals surface area contributed by atoms with Gasteiger partial charge in [0.05, 0.1) is 16.9 Å². The molecule has 0 aromatic heterocycles. The number of anilines is 1. The fourth-order valence-electron chi connectivity index (χ4n) is 2.78. The van der Waals surface area contributed by atoms with Crippen molar-refractivity contribution >= 4 is 44.8 Å². The Hall–Kier alpha value is -2.79. The van der Waals surface area contributed by atoms with Crippen molar-refractivity contribution in [2.45, 2.75) is 17.5 Å². The first-order valence-corrected chi connectivity index (χ1v) is 11.4. The topological polar surface area (TPSA) is 98.5 Å². The van der Waals surface area contributed by atoms with Crippen LogP contribution in [0.2, 0.25) is 10.0 Å². The maximum Gasteiger partial charge on any atom is 0.416 e. The van der Waals surface area contributed by atoms with Crippen molar-refractivity contribution in [2.24, 2.45) is 5.14 Å². The minimum absolute atomic E-state index is 0.0339. The van der Waals surface area contributed by atoms with Crippen molar-refractivity contribution < 1.29 is 31.1 Å². The van der Waals surface area contributed by atoms with Crippen LogP contribution in [0.4, 0.5) is 18.9 Å². The molecule has 3 aromatic rings. The van der Waals surface area contributed by atoms with E-state index in [2.05, 4.69) is 5.32 Å². The predicted molar refractivity (Wildman–Crippen MR) is 118 cm³/mol. The highest BCUT2D eigenvalue weighted by Gasteiger charge is 2.31. The fraction of sp³-hybridized carbons (Fsp3) is 0.0952. The van der Waals surface area contributed by atoms with Gasteiger partial charge in [-0.1, -0.05) is 35.3 Å². The highest BCUT2D eigenvalue weighted by Crippen LogP contribution is 2.33. The van der Waals surface area contributed by atoms with Gasteiger partial charge in [0.2, 0.25) is 15.9 Å². The zero-order valence-electron chi connectivity index (χ0n) is 16.5. The molecule has 0 spiro atoms. The first-order valence-electron chi connectivity index (χ1n) is 9.08. The summed E-state index contributed by atoms with van der Waals surface area (Å²) in [6.07, 6.45) is -4.93. The number of carbonyl (C=O) groups excluding carboxylic acids is 1. The Morgan fingerprint density at radius 1 is 1.00 bits per heavy atom. The summed E-state index contributed by atoms with van der Waals surface area (Å²) < 4.78 is 67.7. The number of amides is 1. The lowest BCUT2D eigenvalue weighted by molar-refractivity contribution is -0.137. The minimum atomic E-state index is -4.57. The molecule has 33 heavy (non-hydrogen) atoms. The Morgan fingerprint density at radius 2 is 1.73 bits per heavy atom. The third-order valence-corrected chi connectivity index (χ3v) is 5.74. The van der Waals surface area contributed by atoms with Crippen molar-refractivity contribution in [2.75, 3.05) is 5.32 Å². The third kappa shape index (κ3) is 6.84. The molecule has 3 N–H and O–H groups in total. The number of primary sulfonamides is 1. The number of carbonyl (C=O) groups is 1. The average Bonchev–Trinajstić information content (AvgIpc) is 2.68. The van der Waals surface area contributed by atoms with Crippen LogP contribution in [0.1, 0.15) is 11.1 Å². The van der Waals surface area contributed by atoms with Gasteiger partial charge in [0.25, 0.3) is 0 Å². The Balaban J connectivity index is 1.84. The van der Waals surface area contributed by atoms with E-state index in [1.165, 1.54) is 18.2 Å². The van der Waals surface area contributed by atoms with E-state index in [0.717, 1.165) is 24.3 Å². The van der Waals surface area contributed by atoms with Crippen LogP contribution in [-0.4, -0.2) is 14.3 Å². The molecule has 3 rings (SSSR count). The molecule has 6 nitrogen and oxygen atoms in total. The van der Waals surface area contributed by atoms with E-state index in [4.69, 9.17) is 33.1 Å². The monoisotopic (exact) mass is 518 g/mol. The van der Waals surface area contributed by atoms with E-state index >= 15 is 0 Å². The molecule has 3 aromatic carbocycles. The van der Waals surface area contributed by atoms with Crippen molar-refractivity contribution in [3.63, 3.8) is 0 Å². The highest BCUT2D eigenvalue weighted by molar-refractivity contribution is 7.89. The van der Waals surface area contributed by atoms with Gasteiger partial charge >= 0.3 is 6.18 Å². The second-order valence-electron chi connectivity index (χ2n) is 6.83. The molecule has 0 fully saturated rings. The quantitative estimate of drug-likeness (QED) is 0.441. The number of rotatable bonds is 6. The number of nitrogens with one attached hydrogen (secondary N) is 1. The molecule has 0 aliphatic carbocycles. The SMILES string of the molecule is NS(=O)(=O)c1cc(NC(=O)Cc2ccc(C(F)(F)F)cc2Cl)cc(Oc2cccc(Cl)c2)c1. The van der Waals surface area contributed by atoms with Gasteiger partial charge in [0.15, 0.2) is 0 Å². The Bertz CT molecular complexity index is 1320. The van der Waals surface area contributed by atoms with E-state index in [-0.39, 0.29) is 33.3 Å². The van der Waals surface area contributed by atoms with Crippen LogP contribution in [0, 0.1) is 0 Å². The lowest BCUT2D eigenvalue weighted by Crippen LogP contribution is -2.17. The van der Waals surface area contributed by atoms with Gasteiger partial charge in [-0.05, 0) is 42.0 Å². The summed E-state index contributed by atoms with van der Waals surface area (Å²) in [7, 11) is -4.15. The summed E-state index contributed by atoms with van der Waals surface area (Å²) >= 11 is 11.8. The zero-order valence-corrected chi connectivity index (χ0v) is 18.8. The molecular formula is C21H15Cl2F3N2O4S. The molecule has 0 saturated heterocycles. The largest absolute Gasteiger partial charge is 0.457 e. The number of ether oxygens (including phenoxy) is 1. The molecule has 12 heteroatoms. The first kappa shape index (κ1) is 24.8. The van der Waals surface area contributed by atoms with Crippen LogP contribution in [0.25, 0.3) is 0 Å². The van der Waals surface area contributed by atoms with E-state index in [1.807, 2.05) is 0 Å². The van der Waals surface area contributed by atoms with E-state index < -0.39 is 27.7 Å². The molecular weight excluding hydrogens is 504 g/mol. The number of hydrogen-bond donors (Lipinski definition) is 2. The molecule has 0 radical (unpaired) electrons. The van der Waals surface area contributed by atoms with Crippen LogP contribution in [0.3, 0.4) is 0 Å². The Labute approximate surface area is 197 Å². The average molecular weight is 519 g/mol. The van der Waals surface area contributed by atoms with Crippen LogP contribution in [-0.2, 0) is 27.4 Å². The van der Waals surface area contributed by atoms with Crippen LogP contribution in [0.5, 0.6) is 11.5 Å². The first-order chi connectivity index (χ1) is 15.3. The number of hydrogen-bond acceptors (Lipinski definition) is 4. The van der Waals surface area contributed by atoms with Gasteiger partial charge in [-0.2, -0.15) is 13.2 Å².